The van der Waals surface area contributed by atoms with E-state index in [-0.39, 0.29) is 17.7 Å². The highest BCUT2D eigenvalue weighted by atomic mass is 79.9. The van der Waals surface area contributed by atoms with Crippen LogP contribution in [0.1, 0.15) is 50.9 Å². The molecule has 0 amide bonds. The SMILES string of the molecule is C#C.C/C(F)=C\CC1NCCCc2c1[nH]c1ccc(Br)cc21.C/C=C(\C)F. The number of nitrogens with one attached hydrogen (secondary N) is 2. The summed E-state index contributed by atoms with van der Waals surface area (Å²) in [6.45, 7) is 5.55. The first-order valence-electron chi connectivity index (χ1n) is 8.89. The fourth-order valence-corrected chi connectivity index (χ4v) is 3.29. The van der Waals surface area contributed by atoms with Crippen molar-refractivity contribution in [2.75, 3.05) is 6.54 Å². The van der Waals surface area contributed by atoms with Gasteiger partial charge < -0.3 is 10.3 Å². The van der Waals surface area contributed by atoms with Gasteiger partial charge in [0.2, 0.25) is 0 Å². The van der Waals surface area contributed by atoms with Gasteiger partial charge in [-0.25, -0.2) is 8.78 Å². The van der Waals surface area contributed by atoms with Crippen LogP contribution in [0.25, 0.3) is 10.9 Å². The van der Waals surface area contributed by atoms with Gasteiger partial charge in [-0.05, 0) is 70.3 Å². The molecule has 27 heavy (non-hydrogen) atoms. The molecule has 2 N–H and O–H groups in total. The number of aryl methyl sites for hydroxylation is 1. The molecule has 0 fully saturated rings. The van der Waals surface area contributed by atoms with Crippen molar-refractivity contribution in [1.29, 1.82) is 0 Å². The summed E-state index contributed by atoms with van der Waals surface area (Å²) in [5, 5.41) is 4.80. The van der Waals surface area contributed by atoms with Crippen molar-refractivity contribution >= 4 is 26.8 Å². The maximum Gasteiger partial charge on any atom is 0.0929 e. The van der Waals surface area contributed by atoms with Gasteiger partial charge in [0, 0.05) is 21.1 Å². The van der Waals surface area contributed by atoms with Crippen LogP contribution in [0.3, 0.4) is 0 Å². The Morgan fingerprint density at radius 3 is 2.52 bits per heavy atom. The molecule has 0 aliphatic carbocycles. The van der Waals surface area contributed by atoms with Gasteiger partial charge in [-0.3, -0.25) is 0 Å². The van der Waals surface area contributed by atoms with E-state index in [0.717, 1.165) is 29.4 Å². The van der Waals surface area contributed by atoms with E-state index in [2.05, 4.69) is 51.2 Å². The summed E-state index contributed by atoms with van der Waals surface area (Å²) in [4.78, 5) is 3.52. The molecular formula is C22H27BrF2N2. The Morgan fingerprint density at radius 2 is 1.93 bits per heavy atom. The second-order valence-electron chi connectivity index (χ2n) is 6.22. The lowest BCUT2D eigenvalue weighted by Gasteiger charge is -2.14. The number of rotatable bonds is 2. The van der Waals surface area contributed by atoms with E-state index in [1.54, 1.807) is 13.0 Å². The number of hydrogen-bond acceptors (Lipinski definition) is 1. The molecule has 0 saturated heterocycles. The minimum Gasteiger partial charge on any atom is -0.357 e. The molecule has 2 aromatic rings. The van der Waals surface area contributed by atoms with E-state index < -0.39 is 0 Å². The molecule has 1 unspecified atom stereocenters. The zero-order chi connectivity index (χ0) is 20.4. The first-order valence-corrected chi connectivity index (χ1v) is 9.69. The Hall–Kier alpha value is -1.90. The molecule has 1 aliphatic rings. The highest BCUT2D eigenvalue weighted by molar-refractivity contribution is 9.10. The van der Waals surface area contributed by atoms with Crippen molar-refractivity contribution in [3.05, 3.63) is 57.7 Å². The van der Waals surface area contributed by atoms with Crippen molar-refractivity contribution in [2.24, 2.45) is 0 Å². The molecule has 1 aliphatic heterocycles. The molecule has 3 rings (SSSR count). The standard InChI is InChI=1S/C16H18BrFN2.C4H7F.C2H2/c1-10(18)4-6-15-16-12(3-2-8-19-15)13-9-11(17)5-7-14(13)20-16;1-3-4(2)5;1-2/h4-5,7,9,15,19-20H,2-3,6,8H2,1H3;3H,1-2H3;1-2H/b10-4+;4-3+;. The Bertz CT molecular complexity index is 810. The van der Waals surface area contributed by atoms with Gasteiger partial charge in [0.1, 0.15) is 0 Å². The Kier molecular flexibility index (Phi) is 10.1. The van der Waals surface area contributed by atoms with E-state index in [1.165, 1.54) is 36.6 Å². The number of benzene rings is 1. The van der Waals surface area contributed by atoms with E-state index in [0.29, 0.717) is 6.42 Å². The average molecular weight is 437 g/mol. The molecule has 0 saturated carbocycles. The van der Waals surface area contributed by atoms with Crippen LogP contribution < -0.4 is 5.32 Å². The minimum atomic E-state index is -0.120. The highest BCUT2D eigenvalue weighted by Crippen LogP contribution is 2.33. The van der Waals surface area contributed by atoms with E-state index in [9.17, 15) is 8.78 Å². The molecule has 0 radical (unpaired) electrons. The Morgan fingerprint density at radius 1 is 1.26 bits per heavy atom. The van der Waals surface area contributed by atoms with Gasteiger partial charge in [0.05, 0.1) is 17.7 Å². The second-order valence-corrected chi connectivity index (χ2v) is 7.14. The fourth-order valence-electron chi connectivity index (χ4n) is 2.93. The van der Waals surface area contributed by atoms with Gasteiger partial charge in [0.25, 0.3) is 0 Å². The lowest BCUT2D eigenvalue weighted by atomic mass is 10.0. The van der Waals surface area contributed by atoms with E-state index in [4.69, 9.17) is 0 Å². The Balaban J connectivity index is 0.000000454. The van der Waals surface area contributed by atoms with Crippen LogP contribution in [0.15, 0.2) is 46.5 Å². The maximum atomic E-state index is 13.0. The molecule has 0 bridgehead atoms. The number of fused-ring (bicyclic) bond motifs is 3. The molecular weight excluding hydrogens is 410 g/mol. The van der Waals surface area contributed by atoms with Crippen molar-refractivity contribution in [3.63, 3.8) is 0 Å². The zero-order valence-corrected chi connectivity index (χ0v) is 17.7. The van der Waals surface area contributed by atoms with Crippen LogP contribution in [0, 0.1) is 12.8 Å². The molecule has 0 spiro atoms. The van der Waals surface area contributed by atoms with Gasteiger partial charge in [-0.2, -0.15) is 0 Å². The predicted molar refractivity (Wildman–Crippen MR) is 115 cm³/mol. The first-order chi connectivity index (χ1) is 12.9. The van der Waals surface area contributed by atoms with Crippen LogP contribution in [0.4, 0.5) is 8.78 Å². The molecule has 146 valence electrons. The maximum absolute atomic E-state index is 13.0. The summed E-state index contributed by atoms with van der Waals surface area (Å²) in [5.41, 5.74) is 3.75. The number of halogens is 3. The lowest BCUT2D eigenvalue weighted by Crippen LogP contribution is -2.20. The summed E-state index contributed by atoms with van der Waals surface area (Å²) in [5.74, 6) is -0.235. The number of hydrogen-bond donors (Lipinski definition) is 2. The molecule has 5 heteroatoms. The summed E-state index contributed by atoms with van der Waals surface area (Å²) in [6, 6.07) is 6.49. The van der Waals surface area contributed by atoms with Crippen molar-refractivity contribution in [3.8, 4) is 12.8 Å². The molecule has 1 atom stereocenters. The third-order valence-electron chi connectivity index (χ3n) is 4.28. The fraction of sp³-hybridized carbons (Fsp3) is 0.364. The molecule has 1 aromatic carbocycles. The highest BCUT2D eigenvalue weighted by Gasteiger charge is 2.21. The van der Waals surface area contributed by atoms with Crippen LogP contribution in [-0.4, -0.2) is 11.5 Å². The topological polar surface area (TPSA) is 27.8 Å². The number of allylic oxidation sites excluding steroid dienone is 3. The van der Waals surface area contributed by atoms with Gasteiger partial charge in [0.15, 0.2) is 0 Å². The van der Waals surface area contributed by atoms with Gasteiger partial charge in [-0.1, -0.05) is 28.1 Å². The van der Waals surface area contributed by atoms with E-state index in [1.807, 2.05) is 6.07 Å². The quantitative estimate of drug-likeness (QED) is 0.492. The summed E-state index contributed by atoms with van der Waals surface area (Å²) < 4.78 is 25.4. The molecule has 1 aromatic heterocycles. The van der Waals surface area contributed by atoms with Crippen LogP contribution in [-0.2, 0) is 6.42 Å². The monoisotopic (exact) mass is 436 g/mol. The van der Waals surface area contributed by atoms with Crippen LogP contribution >= 0.6 is 15.9 Å². The van der Waals surface area contributed by atoms with E-state index >= 15 is 0 Å². The smallest absolute Gasteiger partial charge is 0.0929 e. The van der Waals surface area contributed by atoms with Crippen molar-refractivity contribution < 1.29 is 8.78 Å². The third kappa shape index (κ3) is 6.97. The summed E-state index contributed by atoms with van der Waals surface area (Å²) in [7, 11) is 0. The van der Waals surface area contributed by atoms with Gasteiger partial charge >= 0.3 is 0 Å². The van der Waals surface area contributed by atoms with Crippen molar-refractivity contribution in [2.45, 2.75) is 46.1 Å². The third-order valence-corrected chi connectivity index (χ3v) is 4.77. The number of aromatic nitrogens is 1. The number of terminal acetylenes is 1. The predicted octanol–water partition coefficient (Wildman–Crippen LogP) is 6.90. The zero-order valence-electron chi connectivity index (χ0n) is 16.1. The number of H-pyrrole nitrogens is 1. The summed E-state index contributed by atoms with van der Waals surface area (Å²) in [6.07, 6.45) is 13.9. The number of aromatic amines is 1. The van der Waals surface area contributed by atoms with Gasteiger partial charge in [-0.15, -0.1) is 12.8 Å². The lowest BCUT2D eigenvalue weighted by molar-refractivity contribution is 0.530. The largest absolute Gasteiger partial charge is 0.357 e. The molecule has 2 heterocycles. The summed E-state index contributed by atoms with van der Waals surface area (Å²) >= 11 is 3.54. The Labute approximate surface area is 169 Å². The van der Waals surface area contributed by atoms with Crippen molar-refractivity contribution in [1.82, 2.24) is 10.3 Å². The first kappa shape index (κ1) is 23.1. The second kappa shape index (κ2) is 11.7. The van der Waals surface area contributed by atoms with Crippen LogP contribution in [0.5, 0.6) is 0 Å². The van der Waals surface area contributed by atoms with Crippen LogP contribution in [0.2, 0.25) is 0 Å². The normalized spacial score (nSPS) is 17.1. The molecule has 2 nitrogen and oxygen atoms in total. The average Bonchev–Trinajstić information content (AvgIpc) is 2.88. The minimum absolute atomic E-state index is 0.114.